The Kier molecular flexibility index (Phi) is 5.06. The molecule has 9 heteroatoms. The molecule has 2 N–H and O–H groups in total. The number of fused-ring (bicyclic) bond motifs is 1. The van der Waals surface area contributed by atoms with E-state index in [1.54, 1.807) is 13.0 Å². The van der Waals surface area contributed by atoms with E-state index in [2.05, 4.69) is 25.7 Å². The molecule has 3 aliphatic rings. The summed E-state index contributed by atoms with van der Waals surface area (Å²) in [4.78, 5) is 45.4. The normalized spacial score (nSPS) is 22.3. The van der Waals surface area contributed by atoms with Gasteiger partial charge in [-0.05, 0) is 39.0 Å². The van der Waals surface area contributed by atoms with Crippen LogP contribution in [0.15, 0.2) is 16.1 Å². The summed E-state index contributed by atoms with van der Waals surface area (Å²) in [7, 11) is 0. The quantitative estimate of drug-likeness (QED) is 0.752. The van der Waals surface area contributed by atoms with Crippen LogP contribution in [0.5, 0.6) is 0 Å². The van der Waals surface area contributed by atoms with Crippen LogP contribution < -0.4 is 10.6 Å². The minimum Gasteiger partial charge on any atom is -0.345 e. The van der Waals surface area contributed by atoms with Crippen molar-refractivity contribution in [2.45, 2.75) is 64.3 Å². The second-order valence-corrected chi connectivity index (χ2v) is 7.64. The average Bonchev–Trinajstić information content (AvgIpc) is 3.29. The van der Waals surface area contributed by atoms with E-state index in [0.717, 1.165) is 50.7 Å². The van der Waals surface area contributed by atoms with Crippen LogP contribution in [0.4, 0.5) is 5.82 Å². The van der Waals surface area contributed by atoms with E-state index in [9.17, 15) is 14.4 Å². The van der Waals surface area contributed by atoms with Crippen molar-refractivity contribution in [2.24, 2.45) is 15.9 Å². The summed E-state index contributed by atoms with van der Waals surface area (Å²) in [5.41, 5.74) is 1.43. The molecule has 148 valence electrons. The third-order valence-electron chi connectivity index (χ3n) is 5.49. The van der Waals surface area contributed by atoms with Crippen molar-refractivity contribution in [1.29, 1.82) is 0 Å². The van der Waals surface area contributed by atoms with Gasteiger partial charge in [-0.15, -0.1) is 0 Å². The monoisotopic (exact) mass is 384 g/mol. The number of aliphatic imine (C=N–C) groups is 2. The number of hydrogen-bond acceptors (Lipinski definition) is 5. The van der Waals surface area contributed by atoms with Crippen molar-refractivity contribution in [3.8, 4) is 0 Å². The second kappa shape index (κ2) is 7.65. The zero-order valence-electron chi connectivity index (χ0n) is 15.9. The average molecular weight is 384 g/mol. The van der Waals surface area contributed by atoms with Gasteiger partial charge in [0.25, 0.3) is 11.9 Å². The lowest BCUT2D eigenvalue weighted by atomic mass is 9.95. The maximum atomic E-state index is 12.4. The van der Waals surface area contributed by atoms with Crippen LogP contribution in [0.3, 0.4) is 0 Å². The molecule has 1 atom stereocenters. The minimum absolute atomic E-state index is 0.0460. The first-order chi connectivity index (χ1) is 13.5. The molecule has 28 heavy (non-hydrogen) atoms. The van der Waals surface area contributed by atoms with E-state index in [1.807, 2.05) is 0 Å². The van der Waals surface area contributed by atoms with Crippen molar-refractivity contribution < 1.29 is 14.4 Å². The van der Waals surface area contributed by atoms with Gasteiger partial charge in [0.2, 0.25) is 0 Å². The van der Waals surface area contributed by atoms with E-state index >= 15 is 0 Å². The molecular weight excluding hydrogens is 360 g/mol. The highest BCUT2D eigenvalue weighted by Gasteiger charge is 2.34. The minimum atomic E-state index is -0.763. The molecule has 1 unspecified atom stereocenters. The molecule has 0 bridgehead atoms. The maximum absolute atomic E-state index is 12.4. The number of nitrogens with one attached hydrogen (secondary N) is 2. The van der Waals surface area contributed by atoms with Crippen LogP contribution in [0.2, 0.25) is 0 Å². The topological polar surface area (TPSA) is 118 Å². The molecule has 2 fully saturated rings. The van der Waals surface area contributed by atoms with Crippen LogP contribution in [-0.4, -0.2) is 45.2 Å². The SMILES string of the molecule is Cc1cc(NC(=O)C(=O)NC2CCCCC2)n(C2=NC(=O)C3CCCC3=N2)n1. The molecule has 1 aromatic rings. The third-order valence-corrected chi connectivity index (χ3v) is 5.49. The molecule has 2 heterocycles. The number of aryl methyl sites for hydroxylation is 1. The summed E-state index contributed by atoms with van der Waals surface area (Å²) < 4.78 is 1.32. The lowest BCUT2D eigenvalue weighted by Crippen LogP contribution is -2.43. The Morgan fingerprint density at radius 3 is 2.64 bits per heavy atom. The molecule has 0 radical (unpaired) electrons. The van der Waals surface area contributed by atoms with Gasteiger partial charge in [0, 0.05) is 17.8 Å². The molecule has 0 saturated heterocycles. The zero-order valence-corrected chi connectivity index (χ0v) is 15.9. The van der Waals surface area contributed by atoms with Crippen molar-refractivity contribution in [2.75, 3.05) is 5.32 Å². The number of rotatable bonds is 2. The molecule has 2 aliphatic carbocycles. The number of nitrogens with zero attached hydrogens (tertiary/aromatic N) is 4. The van der Waals surface area contributed by atoms with Crippen LogP contribution in [0, 0.1) is 12.8 Å². The van der Waals surface area contributed by atoms with Crippen molar-refractivity contribution in [3.63, 3.8) is 0 Å². The summed E-state index contributed by atoms with van der Waals surface area (Å²) >= 11 is 0. The van der Waals surface area contributed by atoms with E-state index in [4.69, 9.17) is 0 Å². The lowest BCUT2D eigenvalue weighted by Gasteiger charge is -2.22. The highest BCUT2D eigenvalue weighted by Crippen LogP contribution is 2.27. The summed E-state index contributed by atoms with van der Waals surface area (Å²) in [5.74, 6) is -1.47. The van der Waals surface area contributed by atoms with E-state index in [-0.39, 0.29) is 29.6 Å². The number of carbonyl (C=O) groups is 3. The Hall–Kier alpha value is -2.84. The molecular formula is C19H24N6O3. The van der Waals surface area contributed by atoms with Crippen LogP contribution in [0.1, 0.15) is 57.1 Å². The first kappa shape index (κ1) is 18.5. The Morgan fingerprint density at radius 2 is 1.86 bits per heavy atom. The van der Waals surface area contributed by atoms with Gasteiger partial charge in [-0.1, -0.05) is 19.3 Å². The van der Waals surface area contributed by atoms with Crippen molar-refractivity contribution >= 4 is 35.2 Å². The van der Waals surface area contributed by atoms with Gasteiger partial charge in [-0.25, -0.2) is 4.99 Å². The fourth-order valence-electron chi connectivity index (χ4n) is 4.06. The second-order valence-electron chi connectivity index (χ2n) is 7.64. The standard InChI is InChI=1S/C19H24N6O3/c1-11-10-15(22-18(28)17(27)20-12-6-3-2-4-7-12)25(24-11)19-21-14-9-5-8-13(14)16(26)23-19/h10,12-13H,2-9H2,1H3,(H,20,27)(H,22,28). The molecule has 9 nitrogen and oxygen atoms in total. The lowest BCUT2D eigenvalue weighted by molar-refractivity contribution is -0.136. The van der Waals surface area contributed by atoms with E-state index < -0.39 is 11.8 Å². The van der Waals surface area contributed by atoms with E-state index in [0.29, 0.717) is 5.69 Å². The van der Waals surface area contributed by atoms with Crippen molar-refractivity contribution in [3.05, 3.63) is 11.8 Å². The zero-order chi connectivity index (χ0) is 19.7. The Labute approximate surface area is 162 Å². The van der Waals surface area contributed by atoms with E-state index in [1.165, 1.54) is 11.1 Å². The third kappa shape index (κ3) is 3.74. The van der Waals surface area contributed by atoms with Gasteiger partial charge in [-0.2, -0.15) is 14.8 Å². The fourth-order valence-corrected chi connectivity index (χ4v) is 4.06. The van der Waals surface area contributed by atoms with Crippen molar-refractivity contribution in [1.82, 2.24) is 15.1 Å². The summed E-state index contributed by atoms with van der Waals surface area (Å²) in [6.07, 6.45) is 7.55. The number of carbonyl (C=O) groups excluding carboxylic acids is 3. The molecule has 0 aromatic carbocycles. The molecule has 1 aromatic heterocycles. The van der Waals surface area contributed by atoms with Gasteiger partial charge in [0.15, 0.2) is 0 Å². The predicted octanol–water partition coefficient (Wildman–Crippen LogP) is 1.56. The number of hydrogen-bond donors (Lipinski definition) is 2. The van der Waals surface area contributed by atoms with Gasteiger partial charge in [-0.3, -0.25) is 14.4 Å². The van der Waals surface area contributed by atoms with Gasteiger partial charge in [0.05, 0.1) is 11.6 Å². The summed E-state index contributed by atoms with van der Waals surface area (Å²) in [6, 6.07) is 1.67. The number of anilines is 1. The summed E-state index contributed by atoms with van der Waals surface area (Å²) in [6.45, 7) is 1.75. The van der Waals surface area contributed by atoms with Gasteiger partial charge >= 0.3 is 11.8 Å². The smallest absolute Gasteiger partial charge is 0.314 e. The first-order valence-corrected chi connectivity index (χ1v) is 9.90. The first-order valence-electron chi connectivity index (χ1n) is 9.90. The highest BCUT2D eigenvalue weighted by molar-refractivity contribution is 6.39. The molecule has 4 rings (SSSR count). The van der Waals surface area contributed by atoms with Crippen LogP contribution in [-0.2, 0) is 14.4 Å². The number of aromatic nitrogens is 2. The Balaban J connectivity index is 1.49. The summed E-state index contributed by atoms with van der Waals surface area (Å²) in [5, 5.41) is 9.66. The molecule has 3 amide bonds. The highest BCUT2D eigenvalue weighted by atomic mass is 16.2. The fraction of sp³-hybridized carbons (Fsp3) is 0.579. The Morgan fingerprint density at radius 1 is 1.07 bits per heavy atom. The molecule has 1 aliphatic heterocycles. The molecule has 0 spiro atoms. The molecule has 2 saturated carbocycles. The largest absolute Gasteiger partial charge is 0.345 e. The van der Waals surface area contributed by atoms with Gasteiger partial charge in [0.1, 0.15) is 5.82 Å². The van der Waals surface area contributed by atoms with Gasteiger partial charge < -0.3 is 10.6 Å². The van der Waals surface area contributed by atoms with Crippen LogP contribution >= 0.6 is 0 Å². The van der Waals surface area contributed by atoms with Crippen LogP contribution in [0.25, 0.3) is 0 Å². The number of amides is 3. The Bertz CT molecular complexity index is 878. The maximum Gasteiger partial charge on any atom is 0.314 e. The predicted molar refractivity (Wildman–Crippen MR) is 103 cm³/mol.